The first-order chi connectivity index (χ1) is 6.60. The number of nitrogens with zero attached hydrogens (tertiary/aromatic N) is 2. The van der Waals surface area contributed by atoms with Crippen molar-refractivity contribution in [3.05, 3.63) is 17.6 Å². The number of hydrogen-bond acceptors (Lipinski definition) is 4. The number of aromatic nitrogens is 2. The molecule has 4 nitrogen and oxygen atoms in total. The molecule has 5 heteroatoms. The quantitative estimate of drug-likeness (QED) is 0.572. The van der Waals surface area contributed by atoms with Gasteiger partial charge in [-0.15, -0.1) is 0 Å². The molecule has 76 valence electrons. The van der Waals surface area contributed by atoms with Gasteiger partial charge in [0.1, 0.15) is 11.1 Å². The fourth-order valence-electron chi connectivity index (χ4n) is 1.07. The molecular formula is C9H12ClN2O2+. The monoisotopic (exact) mass is 215 g/mol. The third-order valence-corrected chi connectivity index (χ3v) is 2.00. The van der Waals surface area contributed by atoms with Crippen molar-refractivity contribution >= 4 is 11.6 Å². The molecule has 1 aromatic heterocycles. The van der Waals surface area contributed by atoms with E-state index < -0.39 is 0 Å². The molecule has 0 amide bonds. The van der Waals surface area contributed by atoms with Gasteiger partial charge in [-0.1, -0.05) is 11.6 Å². The van der Waals surface area contributed by atoms with Crippen LogP contribution >= 0.6 is 11.6 Å². The van der Waals surface area contributed by atoms with Crippen LogP contribution in [0.1, 0.15) is 18.4 Å². The number of methoxy groups -OCH3 is 2. The van der Waals surface area contributed by atoms with Gasteiger partial charge in [0.15, 0.2) is 0 Å². The molecular weight excluding hydrogens is 204 g/mol. The highest BCUT2D eigenvalue weighted by molar-refractivity contribution is 6.30. The Bertz CT molecular complexity index is 329. The molecule has 0 bridgehead atoms. The molecule has 1 aromatic rings. The Labute approximate surface area is 88.2 Å². The summed E-state index contributed by atoms with van der Waals surface area (Å²) in [6.45, 7) is 5.74. The lowest BCUT2D eigenvalue weighted by Gasteiger charge is -2.09. The Hall–Kier alpha value is -1.16. The topological polar surface area (TPSA) is 44.2 Å². The van der Waals surface area contributed by atoms with Crippen molar-refractivity contribution in [2.45, 2.75) is 12.8 Å². The van der Waals surface area contributed by atoms with E-state index in [1.54, 1.807) is 0 Å². The van der Waals surface area contributed by atoms with Gasteiger partial charge < -0.3 is 9.47 Å². The van der Waals surface area contributed by atoms with Crippen molar-refractivity contribution in [1.29, 1.82) is 0 Å². The highest BCUT2D eigenvalue weighted by atomic mass is 35.5. The zero-order chi connectivity index (χ0) is 10.7. The molecule has 0 N–H and O–H groups in total. The molecule has 0 aliphatic heterocycles. The van der Waals surface area contributed by atoms with Gasteiger partial charge in [0.05, 0.1) is 26.7 Å². The molecule has 0 saturated carbocycles. The molecule has 0 fully saturated rings. The standard InChI is InChI=1S/C9H12ClN2O2/c1-5(2)6-7(10)11-9(14-4)12-8(6)13-3/h5H,1H2,2-4H3/q+1. The zero-order valence-electron chi connectivity index (χ0n) is 8.37. The van der Waals surface area contributed by atoms with Crippen molar-refractivity contribution in [2.75, 3.05) is 14.2 Å². The maximum Gasteiger partial charge on any atom is 0.320 e. The van der Waals surface area contributed by atoms with Crippen molar-refractivity contribution in [2.24, 2.45) is 0 Å². The number of hydrogen-bond donors (Lipinski definition) is 0. The minimum Gasteiger partial charge on any atom is -0.480 e. The molecule has 0 spiro atoms. The molecule has 14 heavy (non-hydrogen) atoms. The van der Waals surface area contributed by atoms with Crippen LogP contribution in [-0.2, 0) is 0 Å². The van der Waals surface area contributed by atoms with E-state index in [4.69, 9.17) is 21.1 Å². The second-order valence-corrected chi connectivity index (χ2v) is 3.18. The summed E-state index contributed by atoms with van der Waals surface area (Å²) in [4.78, 5) is 7.95. The molecule has 1 unspecified atom stereocenters. The van der Waals surface area contributed by atoms with Gasteiger partial charge >= 0.3 is 6.01 Å². The molecule has 1 atom stereocenters. The van der Waals surface area contributed by atoms with Crippen molar-refractivity contribution in [1.82, 2.24) is 9.97 Å². The van der Waals surface area contributed by atoms with Gasteiger partial charge in [-0.05, 0) is 6.92 Å². The number of rotatable bonds is 3. The van der Waals surface area contributed by atoms with Crippen LogP contribution in [0.15, 0.2) is 0 Å². The highest BCUT2D eigenvalue weighted by Gasteiger charge is 2.20. The maximum atomic E-state index is 5.94. The minimum absolute atomic E-state index is 0.0386. The number of ether oxygens (including phenoxy) is 2. The second kappa shape index (κ2) is 4.37. The van der Waals surface area contributed by atoms with Crippen LogP contribution in [0.2, 0.25) is 5.15 Å². The third kappa shape index (κ3) is 2.01. The van der Waals surface area contributed by atoms with Crippen LogP contribution in [0, 0.1) is 6.92 Å². The van der Waals surface area contributed by atoms with Gasteiger partial charge in [0.2, 0.25) is 5.88 Å². The van der Waals surface area contributed by atoms with Crippen molar-refractivity contribution in [3.63, 3.8) is 0 Å². The summed E-state index contributed by atoms with van der Waals surface area (Å²) >= 11 is 5.94. The fraction of sp³-hybridized carbons (Fsp3) is 0.444. The summed E-state index contributed by atoms with van der Waals surface area (Å²) in [5.41, 5.74) is 0.690. The lowest BCUT2D eigenvalue weighted by atomic mass is 10.1. The van der Waals surface area contributed by atoms with E-state index >= 15 is 0 Å². The minimum atomic E-state index is -0.0386. The second-order valence-electron chi connectivity index (χ2n) is 2.83. The summed E-state index contributed by atoms with van der Waals surface area (Å²) in [6.07, 6.45) is 0. The van der Waals surface area contributed by atoms with E-state index in [0.29, 0.717) is 16.6 Å². The van der Waals surface area contributed by atoms with Gasteiger partial charge in [-0.3, -0.25) is 0 Å². The molecule has 0 aliphatic carbocycles. The summed E-state index contributed by atoms with van der Waals surface area (Å²) in [7, 11) is 2.99. The van der Waals surface area contributed by atoms with Crippen molar-refractivity contribution < 1.29 is 9.47 Å². The largest absolute Gasteiger partial charge is 0.480 e. The molecule has 0 saturated heterocycles. The zero-order valence-corrected chi connectivity index (χ0v) is 9.13. The van der Waals surface area contributed by atoms with Crippen LogP contribution in [0.4, 0.5) is 0 Å². The van der Waals surface area contributed by atoms with Gasteiger partial charge in [0.25, 0.3) is 0 Å². The molecule has 0 aliphatic rings. The van der Waals surface area contributed by atoms with E-state index in [1.165, 1.54) is 14.2 Å². The maximum absolute atomic E-state index is 5.94. The molecule has 0 radical (unpaired) electrons. The first-order valence-corrected chi connectivity index (χ1v) is 4.46. The van der Waals surface area contributed by atoms with Gasteiger partial charge in [-0.2, -0.15) is 9.97 Å². The van der Waals surface area contributed by atoms with Gasteiger partial charge in [-0.25, -0.2) is 0 Å². The number of halogens is 1. The Morgan fingerprint density at radius 1 is 1.29 bits per heavy atom. The summed E-state index contributed by atoms with van der Waals surface area (Å²) < 4.78 is 9.94. The third-order valence-electron chi connectivity index (χ3n) is 1.71. The lowest BCUT2D eigenvalue weighted by molar-refractivity contribution is 0.348. The van der Waals surface area contributed by atoms with E-state index in [1.807, 2.05) is 6.92 Å². The summed E-state index contributed by atoms with van der Waals surface area (Å²) in [5.74, 6) is 0.368. The fourth-order valence-corrected chi connectivity index (χ4v) is 1.40. The van der Waals surface area contributed by atoms with Crippen molar-refractivity contribution in [3.8, 4) is 11.9 Å². The van der Waals surface area contributed by atoms with Gasteiger partial charge in [0, 0.05) is 0 Å². The summed E-state index contributed by atoms with van der Waals surface area (Å²) in [6, 6.07) is 0.191. The van der Waals surface area contributed by atoms with E-state index in [0.717, 1.165) is 0 Å². The van der Waals surface area contributed by atoms with E-state index in [9.17, 15) is 0 Å². The first-order valence-electron chi connectivity index (χ1n) is 4.08. The average molecular weight is 216 g/mol. The molecule has 1 heterocycles. The highest BCUT2D eigenvalue weighted by Crippen LogP contribution is 2.31. The normalized spacial score (nSPS) is 12.3. The molecule has 0 aromatic carbocycles. The SMILES string of the molecule is [CH2+]C(C)c1c(Cl)nc(OC)nc1OC. The van der Waals surface area contributed by atoms with Crippen LogP contribution in [0.25, 0.3) is 0 Å². The van der Waals surface area contributed by atoms with Crippen LogP contribution in [0.5, 0.6) is 11.9 Å². The van der Waals surface area contributed by atoms with Crippen LogP contribution < -0.4 is 9.47 Å². The molecule has 1 rings (SSSR count). The smallest absolute Gasteiger partial charge is 0.320 e. The van der Waals surface area contributed by atoms with Crippen LogP contribution in [0.3, 0.4) is 0 Å². The summed E-state index contributed by atoms with van der Waals surface area (Å²) in [5, 5.41) is 0.316. The Morgan fingerprint density at radius 3 is 2.36 bits per heavy atom. The average Bonchev–Trinajstić information content (AvgIpc) is 2.15. The Morgan fingerprint density at radius 2 is 1.93 bits per heavy atom. The van der Waals surface area contributed by atoms with Crippen LogP contribution in [-0.4, -0.2) is 24.2 Å². The Kier molecular flexibility index (Phi) is 3.41. The predicted octanol–water partition coefficient (Wildman–Crippen LogP) is 2.08. The van der Waals surface area contributed by atoms with E-state index in [-0.39, 0.29) is 11.9 Å². The Balaban J connectivity index is 3.27. The van der Waals surface area contributed by atoms with E-state index in [2.05, 4.69) is 16.9 Å². The lowest BCUT2D eigenvalue weighted by Crippen LogP contribution is -2.03. The first kappa shape index (κ1) is 10.9. The predicted molar refractivity (Wildman–Crippen MR) is 53.9 cm³/mol.